The number of benzene rings is 1. The van der Waals surface area contributed by atoms with Crippen LogP contribution in [0.4, 0.5) is 17.5 Å². The lowest BCUT2D eigenvalue weighted by Crippen LogP contribution is -2.32. The van der Waals surface area contributed by atoms with E-state index in [2.05, 4.69) is 33.2 Å². The van der Waals surface area contributed by atoms with Crippen LogP contribution in [0.1, 0.15) is 29.3 Å². The Morgan fingerprint density at radius 1 is 1.28 bits per heavy atom. The second-order valence-electron chi connectivity index (χ2n) is 6.30. The van der Waals surface area contributed by atoms with Crippen molar-refractivity contribution in [3.05, 3.63) is 40.0 Å². The molecular weight excluding hydrogens is 338 g/mol. The number of nitrogen functional groups attached to an aromatic ring is 1. The minimum Gasteiger partial charge on any atom is -0.388 e. The summed E-state index contributed by atoms with van der Waals surface area (Å²) in [6, 6.07) is 6.03. The van der Waals surface area contributed by atoms with Gasteiger partial charge in [-0.1, -0.05) is 17.7 Å². The van der Waals surface area contributed by atoms with Gasteiger partial charge in [-0.25, -0.2) is 4.98 Å². The molecule has 1 saturated heterocycles. The summed E-state index contributed by atoms with van der Waals surface area (Å²) >= 11 is 6.60. The van der Waals surface area contributed by atoms with Gasteiger partial charge in [0, 0.05) is 42.7 Å². The van der Waals surface area contributed by atoms with Crippen LogP contribution in [0.25, 0.3) is 0 Å². The van der Waals surface area contributed by atoms with Crippen LogP contribution >= 0.6 is 11.6 Å². The SMILES string of the molecule is CNc1cc(Cl)c([C@@H]2COCCCN2c2cc(C)nc(N)n2)cc1C. The summed E-state index contributed by atoms with van der Waals surface area (Å²) in [5.74, 6) is 1.10. The molecule has 134 valence electrons. The molecule has 7 heteroatoms. The summed E-state index contributed by atoms with van der Waals surface area (Å²) in [6.45, 7) is 6.09. The van der Waals surface area contributed by atoms with E-state index in [0.717, 1.165) is 47.9 Å². The van der Waals surface area contributed by atoms with Crippen molar-refractivity contribution in [1.82, 2.24) is 9.97 Å². The lowest BCUT2D eigenvalue weighted by Gasteiger charge is -2.32. The second-order valence-corrected chi connectivity index (χ2v) is 6.71. The molecule has 3 N–H and O–H groups in total. The van der Waals surface area contributed by atoms with Crippen LogP contribution < -0.4 is 16.0 Å². The number of hydrogen-bond donors (Lipinski definition) is 2. The van der Waals surface area contributed by atoms with Gasteiger partial charge in [0.25, 0.3) is 0 Å². The average molecular weight is 362 g/mol. The summed E-state index contributed by atoms with van der Waals surface area (Å²) in [7, 11) is 1.89. The molecule has 1 fully saturated rings. The predicted molar refractivity (Wildman–Crippen MR) is 102 cm³/mol. The van der Waals surface area contributed by atoms with Crippen molar-refractivity contribution < 1.29 is 4.74 Å². The molecule has 0 radical (unpaired) electrons. The van der Waals surface area contributed by atoms with E-state index in [9.17, 15) is 0 Å². The molecule has 1 aliphatic rings. The number of anilines is 3. The first-order valence-corrected chi connectivity index (χ1v) is 8.80. The Labute approximate surface area is 153 Å². The normalized spacial score (nSPS) is 18.1. The highest BCUT2D eigenvalue weighted by atomic mass is 35.5. The number of nitrogens with one attached hydrogen (secondary N) is 1. The van der Waals surface area contributed by atoms with Gasteiger partial charge in [0.15, 0.2) is 0 Å². The Hall–Kier alpha value is -2.05. The molecule has 0 spiro atoms. The van der Waals surface area contributed by atoms with Crippen LogP contribution in [-0.2, 0) is 4.74 Å². The fraction of sp³-hybridized carbons (Fsp3) is 0.444. The van der Waals surface area contributed by atoms with Crippen LogP contribution in [-0.4, -0.2) is 36.8 Å². The lowest BCUT2D eigenvalue weighted by atomic mass is 10.0. The molecule has 1 aromatic carbocycles. The highest BCUT2D eigenvalue weighted by Crippen LogP contribution is 2.35. The summed E-state index contributed by atoms with van der Waals surface area (Å²) < 4.78 is 5.83. The molecule has 2 heterocycles. The highest BCUT2D eigenvalue weighted by molar-refractivity contribution is 6.31. The van der Waals surface area contributed by atoms with Crippen molar-refractivity contribution >= 4 is 29.1 Å². The molecule has 1 atom stereocenters. The number of aryl methyl sites for hydroxylation is 2. The fourth-order valence-corrected chi connectivity index (χ4v) is 3.55. The molecule has 3 rings (SSSR count). The van der Waals surface area contributed by atoms with E-state index in [-0.39, 0.29) is 12.0 Å². The second kappa shape index (κ2) is 7.45. The van der Waals surface area contributed by atoms with Crippen molar-refractivity contribution in [1.29, 1.82) is 0 Å². The fourth-order valence-electron chi connectivity index (χ4n) is 3.26. The van der Waals surface area contributed by atoms with Gasteiger partial charge < -0.3 is 20.7 Å². The average Bonchev–Trinajstić information content (AvgIpc) is 2.81. The summed E-state index contributed by atoms with van der Waals surface area (Å²) in [5.41, 5.74) is 9.92. The number of hydrogen-bond acceptors (Lipinski definition) is 6. The minimum absolute atomic E-state index is 0.0201. The van der Waals surface area contributed by atoms with E-state index in [1.54, 1.807) is 0 Å². The monoisotopic (exact) mass is 361 g/mol. The third-order valence-electron chi connectivity index (χ3n) is 4.46. The Kier molecular flexibility index (Phi) is 5.30. The topological polar surface area (TPSA) is 76.3 Å². The number of aromatic nitrogens is 2. The van der Waals surface area contributed by atoms with Gasteiger partial charge in [0.2, 0.25) is 5.95 Å². The van der Waals surface area contributed by atoms with Crippen LogP contribution in [0, 0.1) is 13.8 Å². The number of halogens is 1. The summed E-state index contributed by atoms with van der Waals surface area (Å²) in [5, 5.41) is 3.89. The summed E-state index contributed by atoms with van der Waals surface area (Å²) in [6.07, 6.45) is 0.921. The zero-order valence-corrected chi connectivity index (χ0v) is 15.6. The van der Waals surface area contributed by atoms with Gasteiger partial charge in [-0.05, 0) is 37.5 Å². The van der Waals surface area contributed by atoms with Gasteiger partial charge in [-0.15, -0.1) is 0 Å². The van der Waals surface area contributed by atoms with Crippen LogP contribution in [0.2, 0.25) is 5.02 Å². The third-order valence-corrected chi connectivity index (χ3v) is 4.79. The molecule has 0 aliphatic carbocycles. The Morgan fingerprint density at radius 3 is 2.80 bits per heavy atom. The zero-order chi connectivity index (χ0) is 18.0. The van der Waals surface area contributed by atoms with Crippen molar-refractivity contribution in [2.75, 3.05) is 42.8 Å². The standard InChI is InChI=1S/C18H24ClN5O/c1-11-7-13(14(19)9-15(11)21-3)16-10-25-6-4-5-24(16)17-8-12(2)22-18(20)23-17/h7-9,16,21H,4-6,10H2,1-3H3,(H2,20,22,23)/t16-/m0/s1. The largest absolute Gasteiger partial charge is 0.388 e. The number of nitrogens with two attached hydrogens (primary N) is 1. The van der Waals surface area contributed by atoms with E-state index < -0.39 is 0 Å². The van der Waals surface area contributed by atoms with Crippen LogP contribution in [0.15, 0.2) is 18.2 Å². The number of nitrogens with zero attached hydrogens (tertiary/aromatic N) is 3. The molecule has 6 nitrogen and oxygen atoms in total. The summed E-state index contributed by atoms with van der Waals surface area (Å²) in [4.78, 5) is 10.8. The first-order chi connectivity index (χ1) is 12.0. The maximum Gasteiger partial charge on any atom is 0.222 e. The quantitative estimate of drug-likeness (QED) is 0.873. The van der Waals surface area contributed by atoms with Crippen LogP contribution in [0.3, 0.4) is 0 Å². The van der Waals surface area contributed by atoms with Crippen LogP contribution in [0.5, 0.6) is 0 Å². The maximum atomic E-state index is 6.60. The predicted octanol–water partition coefficient (Wildman–Crippen LogP) is 3.34. The van der Waals surface area contributed by atoms with Gasteiger partial charge in [-0.3, -0.25) is 0 Å². The van der Waals surface area contributed by atoms with E-state index in [4.69, 9.17) is 22.1 Å². The first-order valence-electron chi connectivity index (χ1n) is 8.43. The highest BCUT2D eigenvalue weighted by Gasteiger charge is 2.27. The van der Waals surface area contributed by atoms with E-state index in [1.165, 1.54) is 0 Å². The van der Waals surface area contributed by atoms with Gasteiger partial charge in [0.1, 0.15) is 5.82 Å². The molecule has 2 aromatic rings. The van der Waals surface area contributed by atoms with E-state index >= 15 is 0 Å². The molecule has 0 saturated carbocycles. The van der Waals surface area contributed by atoms with E-state index in [0.29, 0.717) is 11.6 Å². The maximum absolute atomic E-state index is 6.60. The van der Waals surface area contributed by atoms with Crippen molar-refractivity contribution in [2.24, 2.45) is 0 Å². The Bertz CT molecular complexity index is 747. The van der Waals surface area contributed by atoms with Gasteiger partial charge >= 0.3 is 0 Å². The molecular formula is C18H24ClN5O. The number of ether oxygens (including phenoxy) is 1. The Morgan fingerprint density at radius 2 is 2.08 bits per heavy atom. The van der Waals surface area contributed by atoms with Gasteiger partial charge in [-0.2, -0.15) is 4.98 Å². The molecule has 0 unspecified atom stereocenters. The first kappa shape index (κ1) is 17.8. The lowest BCUT2D eigenvalue weighted by molar-refractivity contribution is 0.134. The molecule has 1 aliphatic heterocycles. The third kappa shape index (κ3) is 3.80. The molecule has 0 bridgehead atoms. The van der Waals surface area contributed by atoms with E-state index in [1.807, 2.05) is 26.1 Å². The molecule has 0 amide bonds. The van der Waals surface area contributed by atoms with Crippen molar-refractivity contribution in [3.8, 4) is 0 Å². The van der Waals surface area contributed by atoms with Gasteiger partial charge in [0.05, 0.1) is 12.6 Å². The zero-order valence-electron chi connectivity index (χ0n) is 14.8. The van der Waals surface area contributed by atoms with Crippen molar-refractivity contribution in [3.63, 3.8) is 0 Å². The van der Waals surface area contributed by atoms with Crippen molar-refractivity contribution in [2.45, 2.75) is 26.3 Å². The number of rotatable bonds is 3. The molecule has 1 aromatic heterocycles. The Balaban J connectivity index is 2.06. The smallest absolute Gasteiger partial charge is 0.222 e. The molecule has 25 heavy (non-hydrogen) atoms. The minimum atomic E-state index is -0.0201.